The summed E-state index contributed by atoms with van der Waals surface area (Å²) in [5.41, 5.74) is 4.91. The number of primary amides is 1. The highest BCUT2D eigenvalue weighted by atomic mass is 16.5. The van der Waals surface area contributed by atoms with E-state index in [4.69, 9.17) is 10.5 Å². The lowest BCUT2D eigenvalue weighted by Crippen LogP contribution is -2.48. The van der Waals surface area contributed by atoms with Crippen LogP contribution < -0.4 is 5.73 Å². The molecule has 6 rings (SSSR count). The van der Waals surface area contributed by atoms with Crippen LogP contribution in [0.2, 0.25) is 0 Å². The van der Waals surface area contributed by atoms with E-state index >= 15 is 0 Å². The molecule has 4 saturated carbocycles. The molecular formula is C41H65N3O6. The highest BCUT2D eigenvalue weighted by Gasteiger charge is 2.85. The number of carbonyl (C=O) groups excluding carboxylic acids is 5. The number of fused-ring (bicyclic) bond motifs is 1. The van der Waals surface area contributed by atoms with Crippen LogP contribution in [-0.4, -0.2) is 84.4 Å². The van der Waals surface area contributed by atoms with Crippen molar-refractivity contribution in [3.8, 4) is 0 Å². The van der Waals surface area contributed by atoms with Gasteiger partial charge < -0.3 is 15.4 Å². The molecule has 2 heterocycles. The molecular weight excluding hydrogens is 630 g/mol. The molecule has 50 heavy (non-hydrogen) atoms. The van der Waals surface area contributed by atoms with Gasteiger partial charge in [0.05, 0.1) is 19.3 Å². The zero-order valence-corrected chi connectivity index (χ0v) is 31.8. The molecule has 2 amide bonds. The standard InChI is InChI=1S/C41H65N3O6/c1-37(2,3)31(23-30(45)24-39(13-7-6-8-14-39)26-43-17-19-50-20-18-43)36(49)44-27-41(38(4,5)40(41)15-10-16-40)25-32(44)33(46)22-29(34(47)35(42)48)21-28-11-9-12-28/h28-29,31-32H,6-27H2,1-5H3,(H2,42,48)/t29?,31-,32+,41-/m1/s1. The van der Waals surface area contributed by atoms with Crippen molar-refractivity contribution >= 4 is 29.2 Å². The predicted molar refractivity (Wildman–Crippen MR) is 192 cm³/mol. The van der Waals surface area contributed by atoms with Gasteiger partial charge in [0.15, 0.2) is 5.78 Å². The number of ketones is 3. The van der Waals surface area contributed by atoms with Gasteiger partial charge in [0.25, 0.3) is 5.91 Å². The zero-order valence-electron chi connectivity index (χ0n) is 31.8. The quantitative estimate of drug-likeness (QED) is 0.224. The van der Waals surface area contributed by atoms with E-state index in [0.29, 0.717) is 31.7 Å². The summed E-state index contributed by atoms with van der Waals surface area (Å²) in [6, 6.07) is -0.655. The molecule has 0 radical (unpaired) electrons. The van der Waals surface area contributed by atoms with Crippen LogP contribution in [0.1, 0.15) is 137 Å². The molecule has 6 aliphatic rings. The third kappa shape index (κ3) is 6.76. The van der Waals surface area contributed by atoms with E-state index in [-0.39, 0.29) is 52.0 Å². The number of amides is 2. The Morgan fingerprint density at radius 3 is 2.04 bits per heavy atom. The van der Waals surface area contributed by atoms with Gasteiger partial charge >= 0.3 is 0 Å². The van der Waals surface area contributed by atoms with Crippen LogP contribution in [0, 0.1) is 44.8 Å². The van der Waals surface area contributed by atoms with Crippen LogP contribution in [0.15, 0.2) is 0 Å². The second-order valence-corrected chi connectivity index (χ2v) is 19.2. The Morgan fingerprint density at radius 1 is 0.860 bits per heavy atom. The van der Waals surface area contributed by atoms with Crippen molar-refractivity contribution in [2.75, 3.05) is 39.4 Å². The van der Waals surface area contributed by atoms with E-state index in [1.807, 2.05) is 25.7 Å². The number of nitrogens with zero attached hydrogens (tertiary/aromatic N) is 2. The molecule has 4 atom stereocenters. The average molecular weight is 696 g/mol. The van der Waals surface area contributed by atoms with Gasteiger partial charge in [-0.25, -0.2) is 0 Å². The van der Waals surface area contributed by atoms with Crippen molar-refractivity contribution in [1.82, 2.24) is 9.80 Å². The number of Topliss-reactive ketones (excluding diaryl/α,β-unsaturated/α-hetero) is 3. The van der Waals surface area contributed by atoms with Crippen molar-refractivity contribution in [3.05, 3.63) is 0 Å². The van der Waals surface area contributed by atoms with Crippen LogP contribution in [0.25, 0.3) is 0 Å². The Labute approximate surface area is 300 Å². The van der Waals surface area contributed by atoms with E-state index in [1.54, 1.807) is 0 Å². The van der Waals surface area contributed by atoms with Crippen LogP contribution in [0.4, 0.5) is 0 Å². The van der Waals surface area contributed by atoms with Crippen molar-refractivity contribution in [1.29, 1.82) is 0 Å². The van der Waals surface area contributed by atoms with Gasteiger partial charge in [-0.3, -0.25) is 28.9 Å². The first-order chi connectivity index (χ1) is 23.5. The molecule has 0 aromatic heterocycles. The Morgan fingerprint density at radius 2 is 1.52 bits per heavy atom. The highest BCUT2D eigenvalue weighted by molar-refractivity contribution is 6.36. The largest absolute Gasteiger partial charge is 0.379 e. The first-order valence-electron chi connectivity index (χ1n) is 20.0. The number of nitrogens with two attached hydrogens (primary N) is 1. The summed E-state index contributed by atoms with van der Waals surface area (Å²) < 4.78 is 5.60. The first kappa shape index (κ1) is 37.6. The molecule has 2 saturated heterocycles. The molecule has 0 aromatic rings. The highest BCUT2D eigenvalue weighted by Crippen LogP contribution is 2.88. The van der Waals surface area contributed by atoms with E-state index in [2.05, 4.69) is 18.7 Å². The van der Waals surface area contributed by atoms with E-state index in [1.165, 1.54) is 12.8 Å². The second kappa shape index (κ2) is 14.0. The van der Waals surface area contributed by atoms with Gasteiger partial charge in [0.2, 0.25) is 11.7 Å². The van der Waals surface area contributed by atoms with E-state index in [0.717, 1.165) is 90.6 Å². The molecule has 0 aromatic carbocycles. The summed E-state index contributed by atoms with van der Waals surface area (Å²) in [4.78, 5) is 73.0. The molecule has 4 aliphatic carbocycles. The Balaban J connectivity index is 1.23. The number of hydrogen-bond donors (Lipinski definition) is 1. The molecule has 280 valence electrons. The van der Waals surface area contributed by atoms with Gasteiger partial charge in [-0.1, -0.05) is 79.6 Å². The molecule has 2 spiro atoms. The molecule has 2 N–H and O–H groups in total. The summed E-state index contributed by atoms with van der Waals surface area (Å²) in [6.45, 7) is 15.4. The van der Waals surface area contributed by atoms with Crippen molar-refractivity contribution in [2.24, 2.45) is 50.6 Å². The smallest absolute Gasteiger partial charge is 0.285 e. The predicted octanol–water partition coefficient (Wildman–Crippen LogP) is 5.90. The fourth-order valence-electron chi connectivity index (χ4n) is 11.7. The average Bonchev–Trinajstić information content (AvgIpc) is 3.23. The van der Waals surface area contributed by atoms with Gasteiger partial charge in [-0.2, -0.15) is 0 Å². The van der Waals surface area contributed by atoms with Crippen molar-refractivity contribution < 1.29 is 28.7 Å². The molecule has 6 fully saturated rings. The van der Waals surface area contributed by atoms with Gasteiger partial charge in [-0.05, 0) is 66.1 Å². The van der Waals surface area contributed by atoms with Crippen molar-refractivity contribution in [2.45, 2.75) is 143 Å². The Hall–Kier alpha value is -2.13. The fourth-order valence-corrected chi connectivity index (χ4v) is 11.7. The lowest BCUT2D eigenvalue weighted by atomic mass is 9.68. The number of hydrogen-bond acceptors (Lipinski definition) is 7. The van der Waals surface area contributed by atoms with Crippen molar-refractivity contribution in [3.63, 3.8) is 0 Å². The van der Waals surface area contributed by atoms with Crippen LogP contribution in [0.5, 0.6) is 0 Å². The first-order valence-corrected chi connectivity index (χ1v) is 20.0. The topological polar surface area (TPSA) is 127 Å². The van der Waals surface area contributed by atoms with Gasteiger partial charge in [-0.15, -0.1) is 0 Å². The lowest BCUT2D eigenvalue weighted by molar-refractivity contribution is -0.147. The Kier molecular flexibility index (Phi) is 10.5. The minimum Gasteiger partial charge on any atom is -0.379 e. The van der Waals surface area contributed by atoms with E-state index in [9.17, 15) is 24.0 Å². The van der Waals surface area contributed by atoms with Crippen LogP contribution in [-0.2, 0) is 28.7 Å². The van der Waals surface area contributed by atoms with Crippen LogP contribution in [0.3, 0.4) is 0 Å². The maximum absolute atomic E-state index is 15.0. The maximum atomic E-state index is 15.0. The minimum atomic E-state index is -0.981. The second-order valence-electron chi connectivity index (χ2n) is 19.2. The third-order valence-electron chi connectivity index (χ3n) is 15.3. The fraction of sp³-hybridized carbons (Fsp3) is 0.878. The summed E-state index contributed by atoms with van der Waals surface area (Å²) in [5, 5.41) is 0. The maximum Gasteiger partial charge on any atom is 0.285 e. The van der Waals surface area contributed by atoms with Gasteiger partial charge in [0, 0.05) is 62.7 Å². The molecule has 0 bridgehead atoms. The number of rotatable bonds is 14. The molecule has 9 nitrogen and oxygen atoms in total. The van der Waals surface area contributed by atoms with E-state index < -0.39 is 35.0 Å². The number of morpholine rings is 1. The normalized spacial score (nSPS) is 29.9. The third-order valence-corrected chi connectivity index (χ3v) is 15.3. The number of carbonyl (C=O) groups is 5. The summed E-state index contributed by atoms with van der Waals surface area (Å²) in [5.74, 6) is -2.67. The van der Waals surface area contributed by atoms with Gasteiger partial charge in [0.1, 0.15) is 5.78 Å². The molecule has 2 aliphatic heterocycles. The zero-order chi connectivity index (χ0) is 36.1. The van der Waals surface area contributed by atoms with Crippen LogP contribution >= 0.6 is 0 Å². The summed E-state index contributed by atoms with van der Waals surface area (Å²) in [7, 11) is 0. The summed E-state index contributed by atoms with van der Waals surface area (Å²) in [6.07, 6.45) is 13.8. The summed E-state index contributed by atoms with van der Waals surface area (Å²) >= 11 is 0. The number of ether oxygens (including phenoxy) is 1. The monoisotopic (exact) mass is 695 g/mol. The minimum absolute atomic E-state index is 0.0000890. The molecule has 9 heteroatoms. The number of likely N-dealkylation sites (tertiary alicyclic amines) is 1. The SMILES string of the molecule is CC(C)(C)[C@H](CC(=O)CC1(CN2CCOCC2)CCCCC1)C(=O)N1C[C@]2(C[C@H]1C(=O)CC(CC1CCC1)C(=O)C(N)=O)C(C)(C)C21CCC1. The lowest BCUT2D eigenvalue weighted by Gasteiger charge is -2.42. The Bertz CT molecular complexity index is 1330. The molecule has 1 unspecified atom stereocenters.